The maximum Gasteiger partial charge on any atom is 0.340 e. The molecule has 1 aliphatic heterocycles. The Morgan fingerprint density at radius 3 is 2.65 bits per heavy atom. The average Bonchev–Trinajstić information content (AvgIpc) is 2.78. The number of hydrogen-bond acceptors (Lipinski definition) is 7. The number of benzene rings is 2. The summed E-state index contributed by atoms with van der Waals surface area (Å²) < 4.78 is 37.1. The van der Waals surface area contributed by atoms with Gasteiger partial charge in [0.1, 0.15) is 0 Å². The summed E-state index contributed by atoms with van der Waals surface area (Å²) in [5, 5.41) is 2.67. The zero-order valence-electron chi connectivity index (χ0n) is 16.7. The van der Waals surface area contributed by atoms with E-state index in [9.17, 15) is 18.0 Å². The summed E-state index contributed by atoms with van der Waals surface area (Å²) in [6.07, 6.45) is 1.92. The number of rotatable bonds is 7. The molecule has 8 nitrogen and oxygen atoms in total. The van der Waals surface area contributed by atoms with Crippen LogP contribution in [0, 0.1) is 0 Å². The van der Waals surface area contributed by atoms with Gasteiger partial charge in [0.25, 0.3) is 5.91 Å². The number of sulfonamides is 1. The zero-order chi connectivity index (χ0) is 22.4. The Kier molecular flexibility index (Phi) is 7.95. The average molecular weight is 485 g/mol. The molecule has 2 aromatic rings. The molecule has 1 N–H and O–H groups in total. The topological polar surface area (TPSA) is 102 Å². The van der Waals surface area contributed by atoms with Gasteiger partial charge in [0, 0.05) is 23.7 Å². The Bertz CT molecular complexity index is 1070. The van der Waals surface area contributed by atoms with Crippen LogP contribution < -0.4 is 5.32 Å². The number of halogens is 1. The van der Waals surface area contributed by atoms with Crippen LogP contribution in [-0.2, 0) is 24.3 Å². The summed E-state index contributed by atoms with van der Waals surface area (Å²) in [4.78, 5) is 25.5. The fraction of sp³-hybridized carbons (Fsp3) is 0.300. The van der Waals surface area contributed by atoms with Crippen molar-refractivity contribution in [1.82, 2.24) is 4.31 Å². The predicted octanol–water partition coefficient (Wildman–Crippen LogP) is 2.88. The van der Waals surface area contributed by atoms with Crippen molar-refractivity contribution < 1.29 is 27.5 Å². The second-order valence-electron chi connectivity index (χ2n) is 6.51. The summed E-state index contributed by atoms with van der Waals surface area (Å²) in [7, 11) is -3.81. The van der Waals surface area contributed by atoms with E-state index in [0.29, 0.717) is 18.9 Å². The molecule has 1 heterocycles. The molecule has 0 unspecified atom stereocenters. The van der Waals surface area contributed by atoms with Crippen molar-refractivity contribution in [2.75, 3.05) is 44.5 Å². The number of carbonyl (C=O) groups is 2. The molecular formula is C20H21ClN2O6S2. The highest BCUT2D eigenvalue weighted by molar-refractivity contribution is 7.98. The molecule has 11 heteroatoms. The van der Waals surface area contributed by atoms with Gasteiger partial charge >= 0.3 is 5.97 Å². The van der Waals surface area contributed by atoms with Crippen molar-refractivity contribution in [2.45, 2.75) is 9.79 Å². The lowest BCUT2D eigenvalue weighted by Crippen LogP contribution is -2.40. The summed E-state index contributed by atoms with van der Waals surface area (Å²) >= 11 is 7.60. The third-order valence-electron chi connectivity index (χ3n) is 4.45. The first-order valence-corrected chi connectivity index (χ1v) is 12.3. The first-order valence-electron chi connectivity index (χ1n) is 9.30. The molecule has 3 rings (SSSR count). The van der Waals surface area contributed by atoms with Crippen LogP contribution in [0.1, 0.15) is 10.4 Å². The monoisotopic (exact) mass is 484 g/mol. The standard InChI is InChI=1S/C20H21ClN2O6S2/c1-30-15-4-2-3-14(11-15)22-19(24)13-29-20(25)17-12-16(5-6-18(17)21)31(26,27)23-7-9-28-10-8-23/h2-6,11-12H,7-10,13H2,1H3,(H,22,24). The normalized spacial score (nSPS) is 14.8. The lowest BCUT2D eigenvalue weighted by molar-refractivity contribution is -0.119. The molecule has 1 saturated heterocycles. The molecule has 0 spiro atoms. The number of thioether (sulfide) groups is 1. The summed E-state index contributed by atoms with van der Waals surface area (Å²) in [6, 6.07) is 11.0. The van der Waals surface area contributed by atoms with Gasteiger partial charge in [0.05, 0.1) is 28.7 Å². The van der Waals surface area contributed by atoms with Crippen molar-refractivity contribution >= 4 is 50.9 Å². The van der Waals surface area contributed by atoms with E-state index >= 15 is 0 Å². The van der Waals surface area contributed by atoms with E-state index in [1.807, 2.05) is 12.3 Å². The minimum atomic E-state index is -3.81. The van der Waals surface area contributed by atoms with Gasteiger partial charge in [-0.1, -0.05) is 17.7 Å². The van der Waals surface area contributed by atoms with Gasteiger partial charge in [-0.25, -0.2) is 13.2 Å². The number of carbonyl (C=O) groups excluding carboxylic acids is 2. The quantitative estimate of drug-likeness (QED) is 0.476. The molecule has 0 atom stereocenters. The summed E-state index contributed by atoms with van der Waals surface area (Å²) in [6.45, 7) is 0.512. The maximum atomic E-state index is 12.8. The fourth-order valence-electron chi connectivity index (χ4n) is 2.86. The van der Waals surface area contributed by atoms with Crippen molar-refractivity contribution in [1.29, 1.82) is 0 Å². The second kappa shape index (κ2) is 10.5. The minimum Gasteiger partial charge on any atom is -0.452 e. The van der Waals surface area contributed by atoms with Gasteiger partial charge in [0.15, 0.2) is 6.61 Å². The molecule has 166 valence electrons. The van der Waals surface area contributed by atoms with E-state index in [2.05, 4.69) is 5.32 Å². The fourth-order valence-corrected chi connectivity index (χ4v) is 4.95. The van der Waals surface area contributed by atoms with Crippen LogP contribution in [0.2, 0.25) is 5.02 Å². The van der Waals surface area contributed by atoms with Gasteiger partial charge in [-0.3, -0.25) is 4.79 Å². The van der Waals surface area contributed by atoms with Crippen molar-refractivity contribution in [3.8, 4) is 0 Å². The highest BCUT2D eigenvalue weighted by Gasteiger charge is 2.28. The lowest BCUT2D eigenvalue weighted by atomic mass is 10.2. The molecule has 1 amide bonds. The number of ether oxygens (including phenoxy) is 2. The SMILES string of the molecule is CSc1cccc(NC(=O)COC(=O)c2cc(S(=O)(=O)N3CCOCC3)ccc2Cl)c1. The highest BCUT2D eigenvalue weighted by Crippen LogP contribution is 2.24. The molecule has 31 heavy (non-hydrogen) atoms. The number of nitrogens with one attached hydrogen (secondary N) is 1. The van der Waals surface area contributed by atoms with E-state index < -0.39 is 28.5 Å². The van der Waals surface area contributed by atoms with E-state index in [-0.39, 0.29) is 28.6 Å². The maximum absolute atomic E-state index is 12.8. The first-order chi connectivity index (χ1) is 14.8. The summed E-state index contributed by atoms with van der Waals surface area (Å²) in [5.41, 5.74) is 0.442. The van der Waals surface area contributed by atoms with E-state index in [0.717, 1.165) is 11.0 Å². The molecule has 0 radical (unpaired) electrons. The number of morpholine rings is 1. The van der Waals surface area contributed by atoms with E-state index in [4.69, 9.17) is 21.1 Å². The number of amides is 1. The van der Waals surface area contributed by atoms with Crippen LogP contribution in [0.3, 0.4) is 0 Å². The predicted molar refractivity (Wildman–Crippen MR) is 118 cm³/mol. The Labute approximate surface area is 189 Å². The lowest BCUT2D eigenvalue weighted by Gasteiger charge is -2.26. The summed E-state index contributed by atoms with van der Waals surface area (Å²) in [5.74, 6) is -1.42. The van der Waals surface area contributed by atoms with Gasteiger partial charge in [0.2, 0.25) is 10.0 Å². The third-order valence-corrected chi connectivity index (χ3v) is 7.40. The number of hydrogen-bond donors (Lipinski definition) is 1. The van der Waals surface area contributed by atoms with Gasteiger partial charge in [-0.2, -0.15) is 4.31 Å². The van der Waals surface area contributed by atoms with Crippen LogP contribution in [0.4, 0.5) is 5.69 Å². The first kappa shape index (κ1) is 23.6. The molecule has 0 saturated carbocycles. The van der Waals surface area contributed by atoms with Crippen molar-refractivity contribution in [3.63, 3.8) is 0 Å². The van der Waals surface area contributed by atoms with Gasteiger partial charge in [-0.15, -0.1) is 11.8 Å². The Hall–Kier alpha value is -2.11. The zero-order valence-corrected chi connectivity index (χ0v) is 19.1. The van der Waals surface area contributed by atoms with Crippen molar-refractivity contribution in [2.24, 2.45) is 0 Å². The van der Waals surface area contributed by atoms with Gasteiger partial charge in [-0.05, 0) is 42.7 Å². The Morgan fingerprint density at radius 1 is 1.19 bits per heavy atom. The molecule has 1 aliphatic rings. The third kappa shape index (κ3) is 5.98. The van der Waals surface area contributed by atoms with Crippen LogP contribution in [0.25, 0.3) is 0 Å². The Morgan fingerprint density at radius 2 is 1.94 bits per heavy atom. The van der Waals surface area contributed by atoms with Crippen LogP contribution in [0.5, 0.6) is 0 Å². The molecule has 0 aliphatic carbocycles. The largest absolute Gasteiger partial charge is 0.452 e. The van der Waals surface area contributed by atoms with Gasteiger partial charge < -0.3 is 14.8 Å². The van der Waals surface area contributed by atoms with Crippen LogP contribution in [0.15, 0.2) is 52.3 Å². The van der Waals surface area contributed by atoms with E-state index in [1.165, 1.54) is 28.2 Å². The van der Waals surface area contributed by atoms with Crippen LogP contribution in [-0.4, -0.2) is 63.8 Å². The molecule has 2 aromatic carbocycles. The number of anilines is 1. The van der Waals surface area contributed by atoms with E-state index in [1.54, 1.807) is 18.2 Å². The van der Waals surface area contributed by atoms with Crippen LogP contribution >= 0.6 is 23.4 Å². The van der Waals surface area contributed by atoms with Crippen molar-refractivity contribution in [3.05, 3.63) is 53.1 Å². The number of nitrogens with zero attached hydrogens (tertiary/aromatic N) is 1. The minimum absolute atomic E-state index is 0.0269. The highest BCUT2D eigenvalue weighted by atomic mass is 35.5. The molecular weight excluding hydrogens is 464 g/mol. The smallest absolute Gasteiger partial charge is 0.340 e. The second-order valence-corrected chi connectivity index (χ2v) is 9.74. The molecule has 0 aromatic heterocycles. The molecule has 1 fully saturated rings. The Balaban J connectivity index is 1.67. The number of esters is 1. The molecule has 0 bridgehead atoms.